The number of pyridine rings is 1. The molecule has 0 saturated heterocycles. The number of hydrogen-bond acceptors (Lipinski definition) is 4. The first-order chi connectivity index (χ1) is 15.1. The van der Waals surface area contributed by atoms with Crippen molar-refractivity contribution in [2.45, 2.75) is 12.8 Å². The Kier molecular flexibility index (Phi) is 5.75. The van der Waals surface area contributed by atoms with Gasteiger partial charge in [0.1, 0.15) is 11.5 Å². The minimum Gasteiger partial charge on any atom is -0.465 e. The highest BCUT2D eigenvalue weighted by molar-refractivity contribution is 6.01. The monoisotopic (exact) mass is 417 g/mol. The van der Waals surface area contributed by atoms with Crippen molar-refractivity contribution in [3.05, 3.63) is 90.0 Å². The second kappa shape index (κ2) is 8.79. The van der Waals surface area contributed by atoms with Crippen molar-refractivity contribution >= 4 is 23.2 Å². The maximum absolute atomic E-state index is 13.4. The first-order valence-electron chi connectivity index (χ1n) is 9.76. The lowest BCUT2D eigenvalue weighted by Crippen LogP contribution is -2.16. The van der Waals surface area contributed by atoms with Gasteiger partial charge >= 0.3 is 5.97 Å². The van der Waals surface area contributed by atoms with Crippen molar-refractivity contribution in [3.63, 3.8) is 0 Å². The first kappa shape index (κ1) is 20.3. The first-order valence-corrected chi connectivity index (χ1v) is 9.76. The van der Waals surface area contributed by atoms with Crippen LogP contribution in [0.2, 0.25) is 0 Å². The Hall–Kier alpha value is -4.00. The average molecular weight is 417 g/mol. The molecule has 4 aromatic rings. The van der Waals surface area contributed by atoms with Crippen LogP contribution in [0.25, 0.3) is 16.9 Å². The number of aromatic nitrogens is 2. The molecule has 156 valence electrons. The molecule has 0 aliphatic carbocycles. The molecular formula is C24H20FN3O3. The molecule has 2 aromatic heterocycles. The fourth-order valence-corrected chi connectivity index (χ4v) is 3.45. The molecule has 0 fully saturated rings. The molecule has 0 radical (unpaired) electrons. The Bertz CT molecular complexity index is 1250. The standard InChI is InChI=1S/C24H20FN3O3/c1-31-24(30)18-6-2-3-7-19(18)26-22(29)14-13-20-23(16-9-11-17(25)12-10-16)27-21-8-4-5-15-28(20)21/h2-12,15H,13-14H2,1H3,(H,26,29). The van der Waals surface area contributed by atoms with E-state index in [1.165, 1.54) is 19.2 Å². The third-order valence-corrected chi connectivity index (χ3v) is 4.94. The highest BCUT2D eigenvalue weighted by Crippen LogP contribution is 2.26. The molecule has 0 aliphatic rings. The zero-order valence-electron chi connectivity index (χ0n) is 16.8. The van der Waals surface area contributed by atoms with Crippen LogP contribution in [0, 0.1) is 5.82 Å². The molecule has 0 saturated carbocycles. The number of esters is 1. The molecule has 2 aromatic carbocycles. The van der Waals surface area contributed by atoms with Gasteiger partial charge in [-0.05, 0) is 55.0 Å². The highest BCUT2D eigenvalue weighted by Gasteiger charge is 2.17. The Balaban J connectivity index is 1.58. The van der Waals surface area contributed by atoms with Gasteiger partial charge in [0.25, 0.3) is 0 Å². The zero-order valence-corrected chi connectivity index (χ0v) is 16.8. The van der Waals surface area contributed by atoms with Crippen molar-refractivity contribution in [2.75, 3.05) is 12.4 Å². The minimum absolute atomic E-state index is 0.173. The maximum Gasteiger partial charge on any atom is 0.339 e. The molecule has 7 heteroatoms. The number of hydrogen-bond donors (Lipinski definition) is 1. The summed E-state index contributed by atoms with van der Waals surface area (Å²) in [6.07, 6.45) is 2.46. The number of benzene rings is 2. The van der Waals surface area contributed by atoms with E-state index in [4.69, 9.17) is 4.74 Å². The lowest BCUT2D eigenvalue weighted by molar-refractivity contribution is -0.116. The quantitative estimate of drug-likeness (QED) is 0.469. The third-order valence-electron chi connectivity index (χ3n) is 4.94. The van der Waals surface area contributed by atoms with Gasteiger partial charge in [-0.3, -0.25) is 4.79 Å². The molecule has 1 amide bonds. The van der Waals surface area contributed by atoms with E-state index in [1.54, 1.807) is 36.4 Å². The van der Waals surface area contributed by atoms with E-state index in [2.05, 4.69) is 10.3 Å². The number of rotatable bonds is 6. The molecule has 0 unspecified atom stereocenters. The summed E-state index contributed by atoms with van der Waals surface area (Å²) in [7, 11) is 1.29. The van der Waals surface area contributed by atoms with Crippen LogP contribution < -0.4 is 5.32 Å². The molecule has 4 rings (SSSR count). The van der Waals surface area contributed by atoms with E-state index in [-0.39, 0.29) is 18.1 Å². The van der Waals surface area contributed by atoms with E-state index >= 15 is 0 Å². The molecule has 1 N–H and O–H groups in total. The van der Waals surface area contributed by atoms with E-state index in [0.29, 0.717) is 23.4 Å². The number of nitrogens with zero attached hydrogens (tertiary/aromatic N) is 2. The van der Waals surface area contributed by atoms with Crippen LogP contribution in [0.15, 0.2) is 72.9 Å². The summed E-state index contributed by atoms with van der Waals surface area (Å²) in [5.41, 5.74) is 3.76. The number of methoxy groups -OCH3 is 1. The number of halogens is 1. The number of carbonyl (C=O) groups is 2. The Morgan fingerprint density at radius 1 is 1.03 bits per heavy atom. The van der Waals surface area contributed by atoms with E-state index in [9.17, 15) is 14.0 Å². The van der Waals surface area contributed by atoms with Gasteiger partial charge < -0.3 is 14.5 Å². The van der Waals surface area contributed by atoms with E-state index in [1.807, 2.05) is 28.8 Å². The van der Waals surface area contributed by atoms with Crippen LogP contribution >= 0.6 is 0 Å². The van der Waals surface area contributed by atoms with Gasteiger partial charge in [0.05, 0.1) is 29.7 Å². The normalized spacial score (nSPS) is 10.8. The number of para-hydroxylation sites is 1. The van der Waals surface area contributed by atoms with Crippen LogP contribution in [-0.4, -0.2) is 28.4 Å². The number of ether oxygens (including phenoxy) is 1. The summed E-state index contributed by atoms with van der Waals surface area (Å²) in [6, 6.07) is 18.5. The predicted molar refractivity (Wildman–Crippen MR) is 115 cm³/mol. The second-order valence-electron chi connectivity index (χ2n) is 6.93. The summed E-state index contributed by atoms with van der Waals surface area (Å²) >= 11 is 0. The molecule has 0 aliphatic heterocycles. The summed E-state index contributed by atoms with van der Waals surface area (Å²) in [5.74, 6) is -1.08. The largest absolute Gasteiger partial charge is 0.465 e. The molecule has 6 nitrogen and oxygen atoms in total. The van der Waals surface area contributed by atoms with Gasteiger partial charge in [0.2, 0.25) is 5.91 Å². The van der Waals surface area contributed by atoms with Crippen LogP contribution in [0.3, 0.4) is 0 Å². The summed E-state index contributed by atoms with van der Waals surface area (Å²) < 4.78 is 20.1. The summed E-state index contributed by atoms with van der Waals surface area (Å²) in [4.78, 5) is 29.2. The SMILES string of the molecule is COC(=O)c1ccccc1NC(=O)CCc1c(-c2ccc(F)cc2)nc2ccccn12. The second-order valence-corrected chi connectivity index (χ2v) is 6.93. The van der Waals surface area contributed by atoms with Crippen molar-refractivity contribution in [1.82, 2.24) is 9.38 Å². The molecule has 0 atom stereocenters. The zero-order chi connectivity index (χ0) is 21.8. The van der Waals surface area contributed by atoms with Gasteiger partial charge in [0.15, 0.2) is 0 Å². The Labute approximate surface area is 178 Å². The fraction of sp³-hybridized carbons (Fsp3) is 0.125. The summed E-state index contributed by atoms with van der Waals surface area (Å²) in [5, 5.41) is 2.78. The molecule has 0 bridgehead atoms. The third kappa shape index (κ3) is 4.30. The topological polar surface area (TPSA) is 72.7 Å². The Morgan fingerprint density at radius 2 is 1.77 bits per heavy atom. The van der Waals surface area contributed by atoms with Crippen LogP contribution in [0.4, 0.5) is 10.1 Å². The number of fused-ring (bicyclic) bond motifs is 1. The number of aryl methyl sites for hydroxylation is 1. The number of carbonyl (C=O) groups excluding carboxylic acids is 2. The van der Waals surface area contributed by atoms with Crippen LogP contribution in [0.1, 0.15) is 22.5 Å². The minimum atomic E-state index is -0.517. The number of amides is 1. The average Bonchev–Trinajstić information content (AvgIpc) is 3.16. The van der Waals surface area contributed by atoms with Gasteiger partial charge in [0, 0.05) is 18.2 Å². The van der Waals surface area contributed by atoms with Crippen LogP contribution in [-0.2, 0) is 16.0 Å². The van der Waals surface area contributed by atoms with Gasteiger partial charge in [-0.15, -0.1) is 0 Å². The number of nitrogens with one attached hydrogen (secondary N) is 1. The maximum atomic E-state index is 13.4. The van der Waals surface area contributed by atoms with Gasteiger partial charge in [-0.1, -0.05) is 18.2 Å². The number of imidazole rings is 1. The van der Waals surface area contributed by atoms with Crippen molar-refractivity contribution in [3.8, 4) is 11.3 Å². The Morgan fingerprint density at radius 3 is 2.55 bits per heavy atom. The fourth-order valence-electron chi connectivity index (χ4n) is 3.45. The molecule has 2 heterocycles. The predicted octanol–water partition coefficient (Wildman–Crippen LogP) is 4.50. The lowest BCUT2D eigenvalue weighted by Gasteiger charge is -2.10. The van der Waals surface area contributed by atoms with Gasteiger partial charge in [-0.25, -0.2) is 14.2 Å². The van der Waals surface area contributed by atoms with E-state index < -0.39 is 5.97 Å². The van der Waals surface area contributed by atoms with Crippen LogP contribution in [0.5, 0.6) is 0 Å². The summed E-state index contributed by atoms with van der Waals surface area (Å²) in [6.45, 7) is 0. The van der Waals surface area contributed by atoms with Gasteiger partial charge in [-0.2, -0.15) is 0 Å². The molecular weight excluding hydrogens is 397 g/mol. The number of anilines is 1. The van der Waals surface area contributed by atoms with Crippen molar-refractivity contribution < 1.29 is 18.7 Å². The van der Waals surface area contributed by atoms with Crippen molar-refractivity contribution in [2.24, 2.45) is 0 Å². The lowest BCUT2D eigenvalue weighted by atomic mass is 10.1. The highest BCUT2D eigenvalue weighted by atomic mass is 19.1. The van der Waals surface area contributed by atoms with Crippen molar-refractivity contribution in [1.29, 1.82) is 0 Å². The molecule has 0 spiro atoms. The smallest absolute Gasteiger partial charge is 0.339 e. The molecule has 31 heavy (non-hydrogen) atoms. The van der Waals surface area contributed by atoms with E-state index in [0.717, 1.165) is 16.9 Å².